The Hall–Kier alpha value is -1.54. The van der Waals surface area contributed by atoms with E-state index in [1.54, 1.807) is 18.2 Å². The van der Waals surface area contributed by atoms with Crippen molar-refractivity contribution < 1.29 is 4.92 Å². The van der Waals surface area contributed by atoms with E-state index in [0.29, 0.717) is 11.3 Å². The molecule has 0 amide bonds. The van der Waals surface area contributed by atoms with E-state index in [9.17, 15) is 10.1 Å². The summed E-state index contributed by atoms with van der Waals surface area (Å²) in [5.74, 6) is 0.812. The smallest absolute Gasteiger partial charge is 0.258 e. The normalized spacial score (nSPS) is 9.69. The molecule has 5 heteroatoms. The van der Waals surface area contributed by atoms with E-state index in [1.165, 1.54) is 17.8 Å². The fraction of sp³-hybridized carbons (Fsp3) is 0.364. The zero-order chi connectivity index (χ0) is 11.8. The molecule has 0 unspecified atom stereocenters. The Morgan fingerprint density at radius 3 is 2.81 bits per heavy atom. The summed E-state index contributed by atoms with van der Waals surface area (Å²) in [6.45, 7) is 0. The largest absolute Gasteiger partial charge is 0.282 e. The van der Waals surface area contributed by atoms with E-state index in [-0.39, 0.29) is 10.6 Å². The summed E-state index contributed by atoms with van der Waals surface area (Å²) < 4.78 is 0. The summed E-state index contributed by atoms with van der Waals surface area (Å²) in [6.07, 6.45) is 2.31. The number of nitrogens with zero attached hydrogens (tertiary/aromatic N) is 2. The van der Waals surface area contributed by atoms with Crippen molar-refractivity contribution in [2.45, 2.75) is 24.2 Å². The summed E-state index contributed by atoms with van der Waals surface area (Å²) in [6, 6.07) is 8.81. The van der Waals surface area contributed by atoms with Crippen LogP contribution in [0.15, 0.2) is 29.2 Å². The second-order valence-corrected chi connectivity index (χ2v) is 4.33. The fourth-order valence-corrected chi connectivity index (χ4v) is 2.25. The molecule has 0 heterocycles. The highest BCUT2D eigenvalue weighted by atomic mass is 32.2. The van der Waals surface area contributed by atoms with Gasteiger partial charge >= 0.3 is 0 Å². The van der Waals surface area contributed by atoms with E-state index in [0.717, 1.165) is 18.6 Å². The van der Waals surface area contributed by atoms with Crippen molar-refractivity contribution in [3.05, 3.63) is 34.4 Å². The molecule has 0 bridgehead atoms. The van der Waals surface area contributed by atoms with Gasteiger partial charge in [-0.25, -0.2) is 0 Å². The highest BCUT2D eigenvalue weighted by Crippen LogP contribution is 2.29. The van der Waals surface area contributed by atoms with Gasteiger partial charge in [0.1, 0.15) is 0 Å². The number of hydrogen-bond donors (Lipinski definition) is 0. The number of rotatable bonds is 6. The summed E-state index contributed by atoms with van der Waals surface area (Å²) in [5, 5.41) is 19.1. The van der Waals surface area contributed by atoms with Gasteiger partial charge < -0.3 is 0 Å². The number of nitro benzene ring substituents is 1. The lowest BCUT2D eigenvalue weighted by Gasteiger charge is -2.01. The van der Waals surface area contributed by atoms with Gasteiger partial charge in [0, 0.05) is 12.5 Å². The van der Waals surface area contributed by atoms with Crippen LogP contribution >= 0.6 is 11.8 Å². The number of benzene rings is 1. The molecule has 0 spiro atoms. The Balaban J connectivity index is 2.47. The Kier molecular flexibility index (Phi) is 5.37. The Bertz CT molecular complexity index is 401. The van der Waals surface area contributed by atoms with Gasteiger partial charge in [0.15, 0.2) is 0 Å². The number of thioether (sulfide) groups is 1. The molecule has 0 aliphatic rings. The third-order valence-electron chi connectivity index (χ3n) is 2.00. The minimum Gasteiger partial charge on any atom is -0.258 e. The van der Waals surface area contributed by atoms with Crippen molar-refractivity contribution in [2.75, 3.05) is 5.75 Å². The lowest BCUT2D eigenvalue weighted by Crippen LogP contribution is -1.90. The molecule has 0 saturated carbocycles. The third-order valence-corrected chi connectivity index (χ3v) is 3.15. The van der Waals surface area contributed by atoms with Crippen LogP contribution in [0.3, 0.4) is 0 Å². The monoisotopic (exact) mass is 236 g/mol. The van der Waals surface area contributed by atoms with Crippen molar-refractivity contribution >= 4 is 17.4 Å². The molecule has 0 atom stereocenters. The van der Waals surface area contributed by atoms with Gasteiger partial charge in [0.25, 0.3) is 5.69 Å². The molecule has 0 saturated heterocycles. The molecule has 16 heavy (non-hydrogen) atoms. The molecule has 0 aromatic heterocycles. The van der Waals surface area contributed by atoms with E-state index < -0.39 is 0 Å². The van der Waals surface area contributed by atoms with E-state index in [4.69, 9.17) is 5.26 Å². The highest BCUT2D eigenvalue weighted by Gasteiger charge is 2.11. The molecule has 4 nitrogen and oxygen atoms in total. The number of nitriles is 1. The van der Waals surface area contributed by atoms with Crippen LogP contribution in [0.4, 0.5) is 5.69 Å². The van der Waals surface area contributed by atoms with Crippen LogP contribution < -0.4 is 0 Å². The van der Waals surface area contributed by atoms with Crippen molar-refractivity contribution in [1.29, 1.82) is 5.26 Å². The van der Waals surface area contributed by atoms with E-state index in [2.05, 4.69) is 6.07 Å². The van der Waals surface area contributed by atoms with Gasteiger partial charge in [-0.3, -0.25) is 10.1 Å². The lowest BCUT2D eigenvalue weighted by atomic mass is 10.3. The number of unbranched alkanes of at least 4 members (excludes halogenated alkanes) is 2. The maximum atomic E-state index is 10.7. The van der Waals surface area contributed by atoms with Crippen LogP contribution in [0.2, 0.25) is 0 Å². The zero-order valence-electron chi connectivity index (χ0n) is 8.76. The van der Waals surface area contributed by atoms with Gasteiger partial charge in [0.05, 0.1) is 15.9 Å². The Morgan fingerprint density at radius 1 is 1.38 bits per heavy atom. The number of para-hydroxylation sites is 1. The van der Waals surface area contributed by atoms with Crippen LogP contribution in [-0.2, 0) is 0 Å². The SMILES string of the molecule is N#CCCCCSc1ccccc1[N+](=O)[O-]. The number of hydrogen-bond acceptors (Lipinski definition) is 4. The maximum Gasteiger partial charge on any atom is 0.282 e. The molecule has 0 fully saturated rings. The second-order valence-electron chi connectivity index (χ2n) is 3.19. The second kappa shape index (κ2) is 6.85. The molecular weight excluding hydrogens is 224 g/mol. The average molecular weight is 236 g/mol. The van der Waals surface area contributed by atoms with Crippen molar-refractivity contribution in [3.63, 3.8) is 0 Å². The van der Waals surface area contributed by atoms with Crippen LogP contribution in [0.1, 0.15) is 19.3 Å². The Morgan fingerprint density at radius 2 is 2.12 bits per heavy atom. The first-order chi connectivity index (χ1) is 7.75. The molecule has 0 N–H and O–H groups in total. The topological polar surface area (TPSA) is 66.9 Å². The zero-order valence-corrected chi connectivity index (χ0v) is 9.57. The standard InChI is InChI=1S/C11H12N2O2S/c12-8-4-1-5-9-16-11-7-3-2-6-10(11)13(14)15/h2-3,6-7H,1,4-5,9H2. The lowest BCUT2D eigenvalue weighted by molar-refractivity contribution is -0.387. The highest BCUT2D eigenvalue weighted by molar-refractivity contribution is 7.99. The predicted octanol–water partition coefficient (Wildman–Crippen LogP) is 3.38. The first kappa shape index (κ1) is 12.5. The summed E-state index contributed by atoms with van der Waals surface area (Å²) >= 11 is 1.47. The molecular formula is C11H12N2O2S. The third kappa shape index (κ3) is 3.91. The van der Waals surface area contributed by atoms with Crippen LogP contribution in [0, 0.1) is 21.4 Å². The van der Waals surface area contributed by atoms with Crippen LogP contribution in [-0.4, -0.2) is 10.7 Å². The Labute approximate surface area is 98.4 Å². The van der Waals surface area contributed by atoms with Crippen molar-refractivity contribution in [3.8, 4) is 6.07 Å². The molecule has 1 rings (SSSR count). The minimum atomic E-state index is -0.363. The van der Waals surface area contributed by atoms with Crippen molar-refractivity contribution in [2.24, 2.45) is 0 Å². The van der Waals surface area contributed by atoms with Crippen molar-refractivity contribution in [1.82, 2.24) is 0 Å². The minimum absolute atomic E-state index is 0.160. The van der Waals surface area contributed by atoms with Crippen LogP contribution in [0.5, 0.6) is 0 Å². The molecule has 1 aromatic rings. The molecule has 0 aliphatic heterocycles. The van der Waals surface area contributed by atoms with E-state index >= 15 is 0 Å². The van der Waals surface area contributed by atoms with Gasteiger partial charge in [-0.05, 0) is 24.7 Å². The maximum absolute atomic E-state index is 10.7. The molecule has 1 aromatic carbocycles. The summed E-state index contributed by atoms with van der Waals surface area (Å²) in [4.78, 5) is 11.0. The number of nitro groups is 1. The summed E-state index contributed by atoms with van der Waals surface area (Å²) in [5.41, 5.74) is 0.160. The first-order valence-corrected chi connectivity index (χ1v) is 5.97. The molecule has 0 aliphatic carbocycles. The van der Waals surface area contributed by atoms with Gasteiger partial charge in [-0.2, -0.15) is 5.26 Å². The summed E-state index contributed by atoms with van der Waals surface area (Å²) in [7, 11) is 0. The average Bonchev–Trinajstić information content (AvgIpc) is 2.29. The van der Waals surface area contributed by atoms with Gasteiger partial charge in [-0.1, -0.05) is 12.1 Å². The molecule has 84 valence electrons. The van der Waals surface area contributed by atoms with Gasteiger partial charge in [0.2, 0.25) is 0 Å². The van der Waals surface area contributed by atoms with E-state index in [1.807, 2.05) is 0 Å². The first-order valence-electron chi connectivity index (χ1n) is 4.99. The fourth-order valence-electron chi connectivity index (χ4n) is 1.22. The van der Waals surface area contributed by atoms with Crippen LogP contribution in [0.25, 0.3) is 0 Å². The molecule has 0 radical (unpaired) electrons. The quantitative estimate of drug-likeness (QED) is 0.328. The van der Waals surface area contributed by atoms with Gasteiger partial charge in [-0.15, -0.1) is 11.8 Å². The predicted molar refractivity (Wildman–Crippen MR) is 63.3 cm³/mol.